The van der Waals surface area contributed by atoms with Gasteiger partial charge in [-0.15, -0.1) is 0 Å². The van der Waals surface area contributed by atoms with Crippen molar-refractivity contribution in [3.63, 3.8) is 0 Å². The number of benzene rings is 1. The van der Waals surface area contributed by atoms with Crippen molar-refractivity contribution >= 4 is 35.1 Å². The fraction of sp³-hybridized carbons (Fsp3) is 0.556. The first-order valence-corrected chi connectivity index (χ1v) is 9.43. The second-order valence-corrected chi connectivity index (χ2v) is 7.59. The smallest absolute Gasteiger partial charge is 0.325 e. The predicted molar refractivity (Wildman–Crippen MR) is 97.2 cm³/mol. The van der Waals surface area contributed by atoms with Gasteiger partial charge in [-0.2, -0.15) is 0 Å². The van der Waals surface area contributed by atoms with Crippen LogP contribution in [0.5, 0.6) is 5.75 Å². The molecule has 0 radical (unpaired) electrons. The molecule has 2 aliphatic rings. The summed E-state index contributed by atoms with van der Waals surface area (Å²) < 4.78 is 5.60. The highest BCUT2D eigenvalue weighted by molar-refractivity contribution is 6.35. The van der Waals surface area contributed by atoms with E-state index in [0.29, 0.717) is 21.7 Å². The summed E-state index contributed by atoms with van der Waals surface area (Å²) in [6, 6.07) is 4.61. The number of hydrogen-bond donors (Lipinski definition) is 1. The van der Waals surface area contributed by atoms with Crippen LogP contribution in [-0.4, -0.2) is 35.5 Å². The highest BCUT2D eigenvalue weighted by Gasteiger charge is 2.52. The molecule has 5 nitrogen and oxygen atoms in total. The van der Waals surface area contributed by atoms with Crippen LogP contribution >= 0.6 is 23.2 Å². The molecule has 7 heteroatoms. The molecule has 0 atom stereocenters. The van der Waals surface area contributed by atoms with Gasteiger partial charge < -0.3 is 10.1 Å². The fourth-order valence-corrected chi connectivity index (χ4v) is 4.10. The van der Waals surface area contributed by atoms with E-state index in [1.165, 1.54) is 4.90 Å². The van der Waals surface area contributed by atoms with Crippen molar-refractivity contribution in [2.24, 2.45) is 5.92 Å². The quantitative estimate of drug-likeness (QED) is 0.771. The Labute approximate surface area is 157 Å². The number of imide groups is 1. The first-order chi connectivity index (χ1) is 11.9. The third kappa shape index (κ3) is 3.72. The van der Waals surface area contributed by atoms with Crippen LogP contribution in [-0.2, 0) is 4.79 Å². The van der Waals surface area contributed by atoms with Crippen molar-refractivity contribution in [3.8, 4) is 5.75 Å². The van der Waals surface area contributed by atoms with Gasteiger partial charge in [0.05, 0.1) is 11.6 Å². The molecule has 25 heavy (non-hydrogen) atoms. The average molecular weight is 385 g/mol. The Morgan fingerprint density at radius 1 is 1.28 bits per heavy atom. The molecular weight excluding hydrogens is 363 g/mol. The van der Waals surface area contributed by atoms with Crippen molar-refractivity contribution in [2.75, 3.05) is 13.2 Å². The number of carbonyl (C=O) groups is 2. The molecule has 3 rings (SSSR count). The molecule has 1 spiro atoms. The summed E-state index contributed by atoms with van der Waals surface area (Å²) in [6.07, 6.45) is 4.52. The number of carbonyl (C=O) groups excluding carboxylic acids is 2. The summed E-state index contributed by atoms with van der Waals surface area (Å²) in [5.74, 6) is 1.01. The molecule has 1 saturated carbocycles. The number of ether oxygens (including phenoxy) is 1. The number of urea groups is 1. The van der Waals surface area contributed by atoms with E-state index >= 15 is 0 Å². The van der Waals surface area contributed by atoms with Crippen LogP contribution in [0, 0.1) is 5.92 Å². The van der Waals surface area contributed by atoms with Crippen LogP contribution in [0.3, 0.4) is 0 Å². The molecule has 3 amide bonds. The van der Waals surface area contributed by atoms with Crippen molar-refractivity contribution in [2.45, 2.75) is 44.6 Å². The van der Waals surface area contributed by atoms with Gasteiger partial charge in [0, 0.05) is 5.02 Å². The minimum absolute atomic E-state index is 0.127. The van der Waals surface area contributed by atoms with Gasteiger partial charge in [-0.05, 0) is 49.8 Å². The second-order valence-electron chi connectivity index (χ2n) is 6.74. The SMILES string of the molecule is CCC1CCC2(CC1)NC(=O)N(CCOc1ccc(Cl)cc1Cl)C2=O. The maximum Gasteiger partial charge on any atom is 0.325 e. The van der Waals surface area contributed by atoms with Gasteiger partial charge in [-0.3, -0.25) is 9.69 Å². The second kappa shape index (κ2) is 7.42. The lowest BCUT2D eigenvalue weighted by molar-refractivity contribution is -0.133. The van der Waals surface area contributed by atoms with E-state index in [4.69, 9.17) is 27.9 Å². The average Bonchev–Trinajstić information content (AvgIpc) is 2.81. The monoisotopic (exact) mass is 384 g/mol. The molecule has 1 saturated heterocycles. The first-order valence-electron chi connectivity index (χ1n) is 8.67. The van der Waals surface area contributed by atoms with Crippen molar-refractivity contribution in [1.82, 2.24) is 10.2 Å². The van der Waals surface area contributed by atoms with E-state index in [0.717, 1.165) is 32.1 Å². The fourth-order valence-electron chi connectivity index (χ4n) is 3.64. The van der Waals surface area contributed by atoms with Gasteiger partial charge in [0.1, 0.15) is 17.9 Å². The van der Waals surface area contributed by atoms with Crippen molar-refractivity contribution < 1.29 is 14.3 Å². The highest BCUT2D eigenvalue weighted by atomic mass is 35.5. The van der Waals surface area contributed by atoms with Crippen LogP contribution in [0.1, 0.15) is 39.0 Å². The molecule has 0 unspecified atom stereocenters. The molecular formula is C18H22Cl2N2O3. The van der Waals surface area contributed by atoms with Crippen LogP contribution < -0.4 is 10.1 Å². The van der Waals surface area contributed by atoms with Gasteiger partial charge >= 0.3 is 6.03 Å². The van der Waals surface area contributed by atoms with E-state index in [1.807, 2.05) is 0 Å². The minimum Gasteiger partial charge on any atom is -0.490 e. The lowest BCUT2D eigenvalue weighted by Crippen LogP contribution is -2.49. The Balaban J connectivity index is 1.58. The summed E-state index contributed by atoms with van der Waals surface area (Å²) in [5.41, 5.74) is -0.708. The summed E-state index contributed by atoms with van der Waals surface area (Å²) in [7, 11) is 0. The number of halogens is 2. The molecule has 1 aromatic carbocycles. The maximum atomic E-state index is 12.8. The van der Waals surface area contributed by atoms with Gasteiger partial charge in [0.2, 0.25) is 0 Å². The number of hydrogen-bond acceptors (Lipinski definition) is 3. The highest BCUT2D eigenvalue weighted by Crippen LogP contribution is 2.37. The molecule has 2 fully saturated rings. The van der Waals surface area contributed by atoms with Crippen LogP contribution in [0.4, 0.5) is 4.79 Å². The number of nitrogens with one attached hydrogen (secondary N) is 1. The zero-order valence-corrected chi connectivity index (χ0v) is 15.7. The van der Waals surface area contributed by atoms with Gasteiger partial charge in [-0.1, -0.05) is 36.5 Å². The maximum absolute atomic E-state index is 12.8. The van der Waals surface area contributed by atoms with Crippen LogP contribution in [0.25, 0.3) is 0 Å². The van der Waals surface area contributed by atoms with Gasteiger partial charge in [0.25, 0.3) is 5.91 Å². The van der Waals surface area contributed by atoms with E-state index in [-0.39, 0.29) is 25.1 Å². The molecule has 1 heterocycles. The largest absolute Gasteiger partial charge is 0.490 e. The van der Waals surface area contributed by atoms with Crippen LogP contribution in [0.2, 0.25) is 10.0 Å². The third-order valence-corrected chi connectivity index (χ3v) is 5.78. The molecule has 136 valence electrons. The lowest BCUT2D eigenvalue weighted by atomic mass is 9.75. The Bertz CT molecular complexity index is 672. The zero-order chi connectivity index (χ0) is 18.0. The van der Waals surface area contributed by atoms with E-state index in [9.17, 15) is 9.59 Å². The first kappa shape index (κ1) is 18.3. The lowest BCUT2D eigenvalue weighted by Gasteiger charge is -2.34. The van der Waals surface area contributed by atoms with Crippen molar-refractivity contribution in [1.29, 1.82) is 0 Å². The predicted octanol–water partition coefficient (Wildman–Crippen LogP) is 4.26. The molecule has 1 N–H and O–H groups in total. The third-order valence-electron chi connectivity index (χ3n) is 5.25. The minimum atomic E-state index is -0.708. The Kier molecular flexibility index (Phi) is 5.44. The topological polar surface area (TPSA) is 58.6 Å². The summed E-state index contributed by atoms with van der Waals surface area (Å²) in [4.78, 5) is 26.3. The number of nitrogens with zero attached hydrogens (tertiary/aromatic N) is 1. The Hall–Kier alpha value is -1.46. The Morgan fingerprint density at radius 2 is 2.00 bits per heavy atom. The summed E-state index contributed by atoms with van der Waals surface area (Å²) in [6.45, 7) is 2.56. The standard InChI is InChI=1S/C18H22Cl2N2O3/c1-2-12-5-7-18(8-6-12)16(23)22(17(24)21-18)9-10-25-15-4-3-13(19)11-14(15)20/h3-4,11-12H,2,5-10H2,1H3,(H,21,24). The van der Waals surface area contributed by atoms with Crippen molar-refractivity contribution in [3.05, 3.63) is 28.2 Å². The van der Waals surface area contributed by atoms with Crippen LogP contribution in [0.15, 0.2) is 18.2 Å². The molecule has 1 aromatic rings. The van der Waals surface area contributed by atoms with Gasteiger partial charge in [-0.25, -0.2) is 4.79 Å². The van der Waals surface area contributed by atoms with E-state index < -0.39 is 5.54 Å². The number of amides is 3. The summed E-state index contributed by atoms with van der Waals surface area (Å²) in [5, 5.41) is 3.85. The molecule has 1 aliphatic heterocycles. The van der Waals surface area contributed by atoms with E-state index in [1.54, 1.807) is 18.2 Å². The Morgan fingerprint density at radius 3 is 2.64 bits per heavy atom. The molecule has 1 aliphatic carbocycles. The number of rotatable bonds is 5. The molecule has 0 bridgehead atoms. The molecule has 0 aromatic heterocycles. The van der Waals surface area contributed by atoms with E-state index in [2.05, 4.69) is 12.2 Å². The zero-order valence-electron chi connectivity index (χ0n) is 14.2. The van der Waals surface area contributed by atoms with Gasteiger partial charge in [0.15, 0.2) is 0 Å². The normalized spacial score (nSPS) is 26.2. The summed E-state index contributed by atoms with van der Waals surface area (Å²) >= 11 is 11.9.